The minimum absolute atomic E-state index is 0.118. The lowest BCUT2D eigenvalue weighted by Gasteiger charge is -2.19. The van der Waals surface area contributed by atoms with Crippen LogP contribution in [0.5, 0.6) is 0 Å². The molecule has 2 aromatic carbocycles. The summed E-state index contributed by atoms with van der Waals surface area (Å²) >= 11 is 0. The zero-order valence-corrected chi connectivity index (χ0v) is 17.1. The zero-order chi connectivity index (χ0) is 21.7. The molecule has 0 aliphatic heterocycles. The third-order valence-corrected chi connectivity index (χ3v) is 4.13. The van der Waals surface area contributed by atoms with Crippen LogP contribution >= 0.6 is 0 Å². The Bertz CT molecular complexity index is 1040. The molecule has 0 unspecified atom stereocenters. The predicted molar refractivity (Wildman–Crippen MR) is 116 cm³/mol. The molecule has 0 atom stereocenters. The van der Waals surface area contributed by atoms with Crippen molar-refractivity contribution in [2.45, 2.75) is 32.8 Å². The van der Waals surface area contributed by atoms with Crippen molar-refractivity contribution in [1.29, 1.82) is 0 Å². The highest BCUT2D eigenvalue weighted by Gasteiger charge is 2.18. The van der Waals surface area contributed by atoms with Crippen LogP contribution in [0.1, 0.15) is 26.3 Å². The lowest BCUT2D eigenvalue weighted by Crippen LogP contribution is -2.24. The van der Waals surface area contributed by atoms with Crippen LogP contribution in [0.4, 0.5) is 17.2 Å². The van der Waals surface area contributed by atoms with Crippen LogP contribution in [0.25, 0.3) is 11.3 Å². The molecule has 0 fully saturated rings. The zero-order valence-electron chi connectivity index (χ0n) is 17.1. The molecule has 1 N–H and O–H groups in total. The van der Waals surface area contributed by atoms with Gasteiger partial charge in [0.05, 0.1) is 17.0 Å². The third kappa shape index (κ3) is 5.64. The van der Waals surface area contributed by atoms with E-state index < -0.39 is 10.5 Å². The highest BCUT2D eigenvalue weighted by Crippen LogP contribution is 2.29. The van der Waals surface area contributed by atoms with Gasteiger partial charge in [-0.05, 0) is 44.5 Å². The molecule has 0 aliphatic carbocycles. The Balaban J connectivity index is 1.79. The highest BCUT2D eigenvalue weighted by molar-refractivity contribution is 5.74. The van der Waals surface area contributed by atoms with Crippen molar-refractivity contribution in [3.05, 3.63) is 82.4 Å². The molecule has 0 spiro atoms. The quantitative estimate of drug-likeness (QED) is 0.340. The summed E-state index contributed by atoms with van der Waals surface area (Å²) in [5.74, 6) is -0.155. The van der Waals surface area contributed by atoms with Crippen molar-refractivity contribution in [2.24, 2.45) is 0 Å². The summed E-state index contributed by atoms with van der Waals surface area (Å²) in [5, 5.41) is 14.4. The summed E-state index contributed by atoms with van der Waals surface area (Å²) in [7, 11) is 0. The van der Waals surface area contributed by atoms with Gasteiger partial charge in [0.25, 0.3) is 0 Å². The maximum absolute atomic E-state index is 12.0. The second kappa shape index (κ2) is 8.73. The third-order valence-electron chi connectivity index (χ3n) is 4.13. The van der Waals surface area contributed by atoms with Crippen LogP contribution in [0, 0.1) is 10.1 Å². The second-order valence-corrected chi connectivity index (χ2v) is 7.77. The molecule has 7 nitrogen and oxygen atoms in total. The number of esters is 1. The first-order chi connectivity index (χ1) is 14.2. The van der Waals surface area contributed by atoms with E-state index in [1.165, 1.54) is 6.07 Å². The van der Waals surface area contributed by atoms with E-state index in [4.69, 9.17) is 4.74 Å². The predicted octanol–water partition coefficient (Wildman–Crippen LogP) is 5.28. The number of aromatic nitrogens is 1. The fraction of sp³-hybridized carbons (Fsp3) is 0.217. The van der Waals surface area contributed by atoms with Crippen molar-refractivity contribution in [1.82, 2.24) is 4.98 Å². The van der Waals surface area contributed by atoms with Gasteiger partial charge in [-0.1, -0.05) is 42.5 Å². The van der Waals surface area contributed by atoms with E-state index in [2.05, 4.69) is 10.3 Å². The number of hydrogen-bond acceptors (Lipinski definition) is 6. The fourth-order valence-electron chi connectivity index (χ4n) is 2.85. The molecule has 0 bridgehead atoms. The summed E-state index contributed by atoms with van der Waals surface area (Å²) in [5.41, 5.74) is 2.26. The van der Waals surface area contributed by atoms with Gasteiger partial charge in [0.15, 0.2) is 0 Å². The minimum atomic E-state index is -0.535. The Hall–Kier alpha value is -3.74. The van der Waals surface area contributed by atoms with Gasteiger partial charge in [-0.15, -0.1) is 0 Å². The number of nitrogens with zero attached hydrogens (tertiary/aromatic N) is 2. The minimum Gasteiger partial charge on any atom is -0.460 e. The lowest BCUT2D eigenvalue weighted by molar-refractivity contribution is -0.384. The van der Waals surface area contributed by atoms with Gasteiger partial charge in [0.2, 0.25) is 5.82 Å². The van der Waals surface area contributed by atoms with Crippen LogP contribution in [0.2, 0.25) is 0 Å². The number of nitrogens with one attached hydrogen (secondary N) is 1. The van der Waals surface area contributed by atoms with Crippen molar-refractivity contribution in [3.63, 3.8) is 0 Å². The number of ether oxygens (including phenoxy) is 1. The van der Waals surface area contributed by atoms with E-state index in [0.29, 0.717) is 11.4 Å². The monoisotopic (exact) mass is 405 g/mol. The van der Waals surface area contributed by atoms with Crippen LogP contribution in [0.3, 0.4) is 0 Å². The Labute approximate surface area is 174 Å². The molecule has 3 aromatic rings. The number of anilines is 2. The van der Waals surface area contributed by atoms with Crippen LogP contribution in [-0.4, -0.2) is 21.5 Å². The standard InChI is InChI=1S/C23H23N3O4/c1-23(2,3)30-21(27)15-16-9-11-18(12-10-16)24-22-20(26(28)29)14-13-19(25-22)17-7-5-4-6-8-17/h4-14H,15H2,1-3H3,(H,24,25). The molecule has 0 saturated carbocycles. The molecular formula is C23H23N3O4. The van der Waals surface area contributed by atoms with Crippen LogP contribution < -0.4 is 5.32 Å². The number of hydrogen-bond donors (Lipinski definition) is 1. The van der Waals surface area contributed by atoms with Gasteiger partial charge in [-0.25, -0.2) is 4.98 Å². The molecule has 1 heterocycles. The van der Waals surface area contributed by atoms with E-state index in [9.17, 15) is 14.9 Å². The molecule has 0 saturated heterocycles. The van der Waals surface area contributed by atoms with Gasteiger partial charge in [-0.3, -0.25) is 14.9 Å². The average molecular weight is 405 g/mol. The number of carbonyl (C=O) groups is 1. The summed E-state index contributed by atoms with van der Waals surface area (Å²) in [6.45, 7) is 5.46. The molecule has 30 heavy (non-hydrogen) atoms. The maximum atomic E-state index is 12.0. The van der Waals surface area contributed by atoms with E-state index in [1.54, 1.807) is 30.3 Å². The summed E-state index contributed by atoms with van der Waals surface area (Å²) in [4.78, 5) is 27.4. The summed E-state index contributed by atoms with van der Waals surface area (Å²) < 4.78 is 5.33. The van der Waals surface area contributed by atoms with Gasteiger partial charge in [-0.2, -0.15) is 0 Å². The van der Waals surface area contributed by atoms with Crippen LogP contribution in [-0.2, 0) is 16.0 Å². The molecule has 7 heteroatoms. The number of rotatable bonds is 6. The molecule has 0 amide bonds. The second-order valence-electron chi connectivity index (χ2n) is 7.77. The average Bonchev–Trinajstić information content (AvgIpc) is 2.68. The molecule has 3 rings (SSSR count). The normalized spacial score (nSPS) is 11.0. The highest BCUT2D eigenvalue weighted by atomic mass is 16.6. The van der Waals surface area contributed by atoms with Gasteiger partial charge < -0.3 is 10.1 Å². The number of carbonyl (C=O) groups excluding carboxylic acids is 1. The Kier molecular flexibility index (Phi) is 6.11. The van der Waals surface area contributed by atoms with E-state index in [-0.39, 0.29) is 23.9 Å². The molecule has 0 radical (unpaired) electrons. The van der Waals surface area contributed by atoms with Crippen molar-refractivity contribution in [3.8, 4) is 11.3 Å². The van der Waals surface area contributed by atoms with E-state index in [0.717, 1.165) is 11.1 Å². The summed E-state index contributed by atoms with van der Waals surface area (Å²) in [6.07, 6.45) is 0.152. The Morgan fingerprint density at radius 1 is 1.03 bits per heavy atom. The van der Waals surface area contributed by atoms with E-state index in [1.807, 2.05) is 51.1 Å². The Morgan fingerprint density at radius 2 is 1.70 bits per heavy atom. The smallest absolute Gasteiger partial charge is 0.311 e. The number of nitro groups is 1. The molecule has 0 aliphatic rings. The number of pyridine rings is 1. The fourth-order valence-corrected chi connectivity index (χ4v) is 2.85. The van der Waals surface area contributed by atoms with Crippen LogP contribution in [0.15, 0.2) is 66.7 Å². The SMILES string of the molecule is CC(C)(C)OC(=O)Cc1ccc(Nc2nc(-c3ccccc3)ccc2[N+](=O)[O-])cc1. The topological polar surface area (TPSA) is 94.4 Å². The van der Waals surface area contributed by atoms with E-state index >= 15 is 0 Å². The first-order valence-corrected chi connectivity index (χ1v) is 9.50. The summed E-state index contributed by atoms with van der Waals surface area (Å²) in [6, 6.07) is 19.6. The Morgan fingerprint density at radius 3 is 2.30 bits per heavy atom. The van der Waals surface area contributed by atoms with Crippen molar-refractivity contribution in [2.75, 3.05) is 5.32 Å². The first-order valence-electron chi connectivity index (χ1n) is 9.50. The molecule has 154 valence electrons. The van der Waals surface area contributed by atoms with Crippen molar-refractivity contribution < 1.29 is 14.5 Å². The molecular weight excluding hydrogens is 382 g/mol. The van der Waals surface area contributed by atoms with Gasteiger partial charge in [0, 0.05) is 17.3 Å². The lowest BCUT2D eigenvalue weighted by atomic mass is 10.1. The largest absolute Gasteiger partial charge is 0.460 e. The first kappa shape index (κ1) is 21.0. The van der Waals surface area contributed by atoms with Crippen molar-refractivity contribution >= 4 is 23.2 Å². The van der Waals surface area contributed by atoms with Gasteiger partial charge >= 0.3 is 11.7 Å². The maximum Gasteiger partial charge on any atom is 0.311 e. The number of benzene rings is 2. The molecule has 1 aromatic heterocycles. The van der Waals surface area contributed by atoms with Gasteiger partial charge in [0.1, 0.15) is 5.60 Å².